The Morgan fingerprint density at radius 2 is 2.03 bits per heavy atom. The number of aromatic amines is 1. The van der Waals surface area contributed by atoms with Crippen LogP contribution in [0.4, 0.5) is 10.5 Å². The van der Waals surface area contributed by atoms with Crippen LogP contribution in [0.5, 0.6) is 5.75 Å². The molecule has 2 aliphatic heterocycles. The van der Waals surface area contributed by atoms with Gasteiger partial charge in [0.05, 0.1) is 11.7 Å². The number of H-pyrrole nitrogens is 1. The van der Waals surface area contributed by atoms with Crippen molar-refractivity contribution < 1.29 is 14.3 Å². The lowest BCUT2D eigenvalue weighted by molar-refractivity contribution is 0.0378. The van der Waals surface area contributed by atoms with Gasteiger partial charge in [-0.2, -0.15) is 0 Å². The average molecular weight is 501 g/mol. The zero-order chi connectivity index (χ0) is 24.9. The highest BCUT2D eigenvalue weighted by atomic mass is 35.5. The Balaban J connectivity index is 1.19. The third kappa shape index (κ3) is 3.85. The van der Waals surface area contributed by atoms with Crippen LogP contribution in [-0.2, 0) is 6.42 Å². The van der Waals surface area contributed by atoms with Crippen molar-refractivity contribution in [2.45, 2.75) is 31.5 Å². The largest absolute Gasteiger partial charge is 0.467 e. The van der Waals surface area contributed by atoms with E-state index in [9.17, 15) is 9.59 Å². The summed E-state index contributed by atoms with van der Waals surface area (Å²) in [6.45, 7) is 2.39. The number of nitrogens with one attached hydrogen (secondary N) is 3. The van der Waals surface area contributed by atoms with E-state index in [0.717, 1.165) is 22.0 Å². The number of benzene rings is 3. The third-order valence-electron chi connectivity index (χ3n) is 6.96. The Labute approximate surface area is 213 Å². The second kappa shape index (κ2) is 8.60. The molecule has 4 aromatic rings. The standard InChI is InChI=1S/C28H25ClN4O3/c1-28-15-24(22-14-19(29)9-10-25(22)36-28)32-27(35)33(28)20-6-4-5-17(13-20)26(34)30-12-11-18-16-31-23-8-3-2-7-21(18)23/h2-10,13-14,16,24,31H,11-12,15H2,1H3,(H,30,34)(H,32,35)/t24-,28-/m1/s1. The number of hydrogen-bond acceptors (Lipinski definition) is 3. The first-order chi connectivity index (χ1) is 17.4. The van der Waals surface area contributed by atoms with Gasteiger partial charge in [0.25, 0.3) is 5.91 Å². The summed E-state index contributed by atoms with van der Waals surface area (Å²) in [5, 5.41) is 7.82. The second-order valence-corrected chi connectivity index (χ2v) is 9.85. The lowest BCUT2D eigenvalue weighted by Gasteiger charge is -2.50. The van der Waals surface area contributed by atoms with E-state index < -0.39 is 5.72 Å². The fourth-order valence-electron chi connectivity index (χ4n) is 5.27. The van der Waals surface area contributed by atoms with Gasteiger partial charge in [0.2, 0.25) is 0 Å². The van der Waals surface area contributed by atoms with Crippen molar-refractivity contribution in [2.24, 2.45) is 0 Å². The van der Waals surface area contributed by atoms with E-state index in [1.807, 2.05) is 49.5 Å². The third-order valence-corrected chi connectivity index (χ3v) is 7.19. The number of urea groups is 1. The number of hydrogen-bond donors (Lipinski definition) is 3. The van der Waals surface area contributed by atoms with Crippen molar-refractivity contribution in [3.05, 3.63) is 94.6 Å². The molecule has 0 saturated carbocycles. The number of halogens is 1. The van der Waals surface area contributed by atoms with Gasteiger partial charge in [-0.15, -0.1) is 0 Å². The first-order valence-electron chi connectivity index (χ1n) is 11.9. The monoisotopic (exact) mass is 500 g/mol. The van der Waals surface area contributed by atoms with Crippen molar-refractivity contribution in [3.8, 4) is 5.75 Å². The molecule has 6 rings (SSSR count). The minimum absolute atomic E-state index is 0.193. The molecular weight excluding hydrogens is 476 g/mol. The van der Waals surface area contributed by atoms with Gasteiger partial charge < -0.3 is 20.4 Å². The maximum Gasteiger partial charge on any atom is 0.325 e. The molecule has 3 amide bonds. The van der Waals surface area contributed by atoms with Gasteiger partial charge in [0.1, 0.15) is 5.75 Å². The van der Waals surface area contributed by atoms with Crippen molar-refractivity contribution in [3.63, 3.8) is 0 Å². The van der Waals surface area contributed by atoms with Crippen LogP contribution in [-0.4, -0.2) is 29.2 Å². The van der Waals surface area contributed by atoms with Gasteiger partial charge >= 0.3 is 6.03 Å². The number of fused-ring (bicyclic) bond motifs is 5. The number of carbonyl (C=O) groups is 2. The Morgan fingerprint density at radius 3 is 2.92 bits per heavy atom. The summed E-state index contributed by atoms with van der Waals surface area (Å²) in [5.41, 5.74) is 3.28. The molecule has 0 aliphatic carbocycles. The summed E-state index contributed by atoms with van der Waals surface area (Å²) in [5.74, 6) is 0.496. The highest BCUT2D eigenvalue weighted by Crippen LogP contribution is 2.46. The average Bonchev–Trinajstić information content (AvgIpc) is 3.27. The minimum atomic E-state index is -0.904. The molecule has 3 aromatic carbocycles. The van der Waals surface area contributed by atoms with E-state index in [4.69, 9.17) is 16.3 Å². The summed E-state index contributed by atoms with van der Waals surface area (Å²) < 4.78 is 6.33. The SMILES string of the molecule is C[C@@]12C[C@@H](NC(=O)N1c1cccc(C(=O)NCCc3c[nH]c4ccccc34)c1)c1cc(Cl)ccc1O2. The molecule has 0 spiro atoms. The summed E-state index contributed by atoms with van der Waals surface area (Å²) in [6.07, 6.45) is 3.24. The molecule has 2 aliphatic rings. The van der Waals surface area contributed by atoms with Crippen LogP contribution in [0.15, 0.2) is 72.9 Å². The molecule has 7 nitrogen and oxygen atoms in total. The van der Waals surface area contributed by atoms with Gasteiger partial charge in [-0.05, 0) is 61.4 Å². The smallest absolute Gasteiger partial charge is 0.325 e. The number of nitrogens with zero attached hydrogens (tertiary/aromatic N) is 1. The van der Waals surface area contributed by atoms with Crippen LogP contribution in [0, 0.1) is 0 Å². The van der Waals surface area contributed by atoms with E-state index in [1.165, 1.54) is 0 Å². The first kappa shape index (κ1) is 22.5. The van der Waals surface area contributed by atoms with E-state index in [0.29, 0.717) is 41.4 Å². The van der Waals surface area contributed by atoms with Crippen molar-refractivity contribution in [1.29, 1.82) is 0 Å². The number of carbonyl (C=O) groups excluding carboxylic acids is 2. The van der Waals surface area contributed by atoms with Gasteiger partial charge in [0.15, 0.2) is 5.72 Å². The number of aromatic nitrogens is 1. The zero-order valence-electron chi connectivity index (χ0n) is 19.7. The van der Waals surface area contributed by atoms with Crippen LogP contribution < -0.4 is 20.3 Å². The van der Waals surface area contributed by atoms with E-state index >= 15 is 0 Å². The van der Waals surface area contributed by atoms with Crippen LogP contribution in [0.25, 0.3) is 10.9 Å². The fraction of sp³-hybridized carbons (Fsp3) is 0.214. The molecule has 2 bridgehead atoms. The zero-order valence-corrected chi connectivity index (χ0v) is 20.4. The quantitative estimate of drug-likeness (QED) is 0.335. The predicted octanol–water partition coefficient (Wildman–Crippen LogP) is 5.56. The van der Waals surface area contributed by atoms with Gasteiger partial charge in [-0.1, -0.05) is 35.9 Å². The molecule has 3 N–H and O–H groups in total. The molecule has 1 fully saturated rings. The van der Waals surface area contributed by atoms with Crippen LogP contribution in [0.3, 0.4) is 0 Å². The van der Waals surface area contributed by atoms with Crippen LogP contribution in [0.1, 0.15) is 40.9 Å². The maximum atomic E-state index is 13.2. The molecule has 1 saturated heterocycles. The first-order valence-corrected chi connectivity index (χ1v) is 12.3. The van der Waals surface area contributed by atoms with Crippen LogP contribution >= 0.6 is 11.6 Å². The predicted molar refractivity (Wildman–Crippen MR) is 140 cm³/mol. The van der Waals surface area contributed by atoms with E-state index in [-0.39, 0.29) is 18.0 Å². The molecule has 0 radical (unpaired) electrons. The molecule has 182 valence electrons. The number of amides is 3. The number of ether oxygens (including phenoxy) is 1. The maximum absolute atomic E-state index is 13.2. The summed E-state index contributed by atoms with van der Waals surface area (Å²) in [4.78, 5) is 31.0. The number of rotatable bonds is 5. The van der Waals surface area contributed by atoms with Crippen molar-refractivity contribution >= 4 is 40.1 Å². The van der Waals surface area contributed by atoms with E-state index in [1.54, 1.807) is 29.2 Å². The lowest BCUT2D eigenvalue weighted by atomic mass is 9.90. The fourth-order valence-corrected chi connectivity index (χ4v) is 5.45. The molecule has 8 heteroatoms. The molecule has 2 atom stereocenters. The van der Waals surface area contributed by atoms with Crippen LogP contribution in [0.2, 0.25) is 5.02 Å². The van der Waals surface area contributed by atoms with Gasteiger partial charge in [-0.25, -0.2) is 4.79 Å². The van der Waals surface area contributed by atoms with E-state index in [2.05, 4.69) is 21.7 Å². The number of para-hydroxylation sites is 1. The minimum Gasteiger partial charge on any atom is -0.467 e. The normalized spacial score (nSPS) is 20.4. The topological polar surface area (TPSA) is 86.5 Å². The van der Waals surface area contributed by atoms with Crippen molar-refractivity contribution in [2.75, 3.05) is 11.4 Å². The summed E-state index contributed by atoms with van der Waals surface area (Å²) in [7, 11) is 0. The molecular formula is C28H25ClN4O3. The van der Waals surface area contributed by atoms with Crippen molar-refractivity contribution in [1.82, 2.24) is 15.6 Å². The molecule has 0 unspecified atom stereocenters. The lowest BCUT2D eigenvalue weighted by Crippen LogP contribution is -2.65. The Morgan fingerprint density at radius 1 is 1.17 bits per heavy atom. The highest BCUT2D eigenvalue weighted by Gasteiger charge is 2.50. The van der Waals surface area contributed by atoms with Gasteiger partial charge in [0, 0.05) is 46.2 Å². The Bertz CT molecular complexity index is 1500. The summed E-state index contributed by atoms with van der Waals surface area (Å²) in [6, 6.07) is 20.1. The second-order valence-electron chi connectivity index (χ2n) is 9.42. The van der Waals surface area contributed by atoms with Gasteiger partial charge in [-0.3, -0.25) is 9.69 Å². The Hall–Kier alpha value is -3.97. The molecule has 36 heavy (non-hydrogen) atoms. The molecule has 3 heterocycles. The molecule has 1 aromatic heterocycles. The number of anilines is 1. The highest BCUT2D eigenvalue weighted by molar-refractivity contribution is 6.30. The summed E-state index contributed by atoms with van der Waals surface area (Å²) >= 11 is 6.17. The Kier molecular flexibility index (Phi) is 5.38.